The molecule has 5 heteroatoms. The van der Waals surface area contributed by atoms with Crippen molar-refractivity contribution in [3.8, 4) is 5.75 Å². The average Bonchev–Trinajstić information content (AvgIpc) is 2.30. The van der Waals surface area contributed by atoms with Crippen LogP contribution in [0.25, 0.3) is 6.08 Å². The third-order valence-corrected chi connectivity index (χ3v) is 3.16. The number of hydrogen-bond acceptors (Lipinski definition) is 2. The van der Waals surface area contributed by atoms with Crippen LogP contribution in [0.5, 0.6) is 5.75 Å². The summed E-state index contributed by atoms with van der Waals surface area (Å²) in [6.07, 6.45) is 0.554. The molecule has 0 fully saturated rings. The van der Waals surface area contributed by atoms with Gasteiger partial charge in [-0.25, -0.2) is 4.79 Å². The lowest BCUT2D eigenvalue weighted by molar-refractivity contribution is 0.190. The molecule has 1 rings (SSSR count). The molecule has 0 saturated carbocycles. The lowest BCUT2D eigenvalue weighted by Crippen LogP contribution is -2.25. The molecule has 98 valence electrons. The lowest BCUT2D eigenvalue weighted by atomic mass is 9.99. The molecular formula is C13H16ClNO3. The minimum atomic E-state index is -1.10. The largest absolute Gasteiger partial charge is 0.496 e. The zero-order valence-corrected chi connectivity index (χ0v) is 11.3. The maximum absolute atomic E-state index is 10.7. The Bertz CT molecular complexity index is 486. The summed E-state index contributed by atoms with van der Waals surface area (Å²) in [5, 5.41) is 11.7. The van der Waals surface area contributed by atoms with Crippen molar-refractivity contribution in [3.05, 3.63) is 34.4 Å². The van der Waals surface area contributed by atoms with Gasteiger partial charge in [0, 0.05) is 16.1 Å². The molecular weight excluding hydrogens is 254 g/mol. The Kier molecular flexibility index (Phi) is 4.62. The van der Waals surface area contributed by atoms with Crippen molar-refractivity contribution >= 4 is 23.8 Å². The summed E-state index contributed by atoms with van der Waals surface area (Å²) in [6.45, 7) is 7.32. The molecule has 0 heterocycles. The van der Waals surface area contributed by atoms with E-state index in [1.54, 1.807) is 19.1 Å². The zero-order chi connectivity index (χ0) is 13.9. The minimum absolute atomic E-state index is 0.422. The molecule has 0 radical (unpaired) electrons. The first kappa shape index (κ1) is 14.4. The van der Waals surface area contributed by atoms with Crippen LogP contribution in [-0.2, 0) is 0 Å². The number of amides is 1. The average molecular weight is 270 g/mol. The molecule has 0 aliphatic carbocycles. The van der Waals surface area contributed by atoms with Crippen molar-refractivity contribution in [2.75, 3.05) is 7.11 Å². The number of halogens is 1. The summed E-state index contributed by atoms with van der Waals surface area (Å²) in [6, 6.07) is 1.29. The van der Waals surface area contributed by atoms with Crippen LogP contribution in [-0.4, -0.2) is 18.3 Å². The zero-order valence-electron chi connectivity index (χ0n) is 10.6. The molecule has 4 nitrogen and oxygen atoms in total. The van der Waals surface area contributed by atoms with Crippen LogP contribution >= 0.6 is 11.6 Å². The Morgan fingerprint density at radius 1 is 1.67 bits per heavy atom. The van der Waals surface area contributed by atoms with E-state index in [1.165, 1.54) is 7.11 Å². The molecule has 0 bridgehead atoms. The first-order valence-corrected chi connectivity index (χ1v) is 5.79. The molecule has 0 aromatic heterocycles. The first-order valence-electron chi connectivity index (χ1n) is 5.41. The van der Waals surface area contributed by atoms with Gasteiger partial charge in [-0.15, -0.1) is 0 Å². The van der Waals surface area contributed by atoms with Crippen LogP contribution in [0.4, 0.5) is 4.79 Å². The third kappa shape index (κ3) is 2.76. The van der Waals surface area contributed by atoms with Crippen LogP contribution in [0.15, 0.2) is 12.6 Å². The number of nitrogens with one attached hydrogen (secondary N) is 1. The standard InChI is InChI=1S/C13H16ClNO3/c1-5-9-7(2)11(14)6-10(12(9)18-4)8(3)15-13(16)17/h5-6,8,15H,1H2,2-4H3,(H,16,17). The highest BCUT2D eigenvalue weighted by molar-refractivity contribution is 6.31. The van der Waals surface area contributed by atoms with E-state index < -0.39 is 12.1 Å². The summed E-state index contributed by atoms with van der Waals surface area (Å²) in [7, 11) is 1.53. The summed E-state index contributed by atoms with van der Waals surface area (Å²) in [5.74, 6) is 0.591. The first-order chi connectivity index (χ1) is 8.42. The van der Waals surface area contributed by atoms with Crippen molar-refractivity contribution < 1.29 is 14.6 Å². The number of benzene rings is 1. The van der Waals surface area contributed by atoms with Crippen LogP contribution in [0, 0.1) is 6.92 Å². The van der Waals surface area contributed by atoms with Crippen LogP contribution < -0.4 is 10.1 Å². The Morgan fingerprint density at radius 2 is 2.28 bits per heavy atom. The summed E-state index contributed by atoms with van der Waals surface area (Å²) in [4.78, 5) is 10.7. The van der Waals surface area contributed by atoms with E-state index in [4.69, 9.17) is 21.4 Å². The number of ether oxygens (including phenoxy) is 1. The molecule has 0 saturated heterocycles. The second-order valence-corrected chi connectivity index (χ2v) is 4.30. The Morgan fingerprint density at radius 3 is 2.72 bits per heavy atom. The molecule has 1 aromatic carbocycles. The predicted octanol–water partition coefficient (Wildman–Crippen LogP) is 3.63. The van der Waals surface area contributed by atoms with E-state index in [1.807, 2.05) is 6.92 Å². The quantitative estimate of drug-likeness (QED) is 0.877. The monoisotopic (exact) mass is 269 g/mol. The fourth-order valence-electron chi connectivity index (χ4n) is 1.82. The maximum atomic E-state index is 10.7. The van der Waals surface area contributed by atoms with Gasteiger partial charge in [0.15, 0.2) is 0 Å². The van der Waals surface area contributed by atoms with E-state index in [-0.39, 0.29) is 0 Å². The molecule has 1 amide bonds. The summed E-state index contributed by atoms with van der Waals surface area (Å²) < 4.78 is 5.34. The topological polar surface area (TPSA) is 58.6 Å². The van der Waals surface area contributed by atoms with Gasteiger partial charge in [-0.2, -0.15) is 0 Å². The van der Waals surface area contributed by atoms with Gasteiger partial charge >= 0.3 is 6.09 Å². The second kappa shape index (κ2) is 5.78. The van der Waals surface area contributed by atoms with Crippen molar-refractivity contribution in [2.45, 2.75) is 19.9 Å². The molecule has 0 spiro atoms. The molecule has 1 aromatic rings. The smallest absolute Gasteiger partial charge is 0.405 e. The molecule has 18 heavy (non-hydrogen) atoms. The highest BCUT2D eigenvalue weighted by Crippen LogP contribution is 2.36. The van der Waals surface area contributed by atoms with Gasteiger partial charge in [-0.05, 0) is 25.5 Å². The minimum Gasteiger partial charge on any atom is -0.496 e. The van der Waals surface area contributed by atoms with Gasteiger partial charge in [0.2, 0.25) is 0 Å². The van der Waals surface area contributed by atoms with Crippen molar-refractivity contribution in [3.63, 3.8) is 0 Å². The Balaban J connectivity index is 3.39. The number of methoxy groups -OCH3 is 1. The van der Waals surface area contributed by atoms with E-state index in [0.717, 1.165) is 11.1 Å². The number of hydrogen-bond donors (Lipinski definition) is 2. The van der Waals surface area contributed by atoms with E-state index in [9.17, 15) is 4.79 Å². The van der Waals surface area contributed by atoms with Gasteiger partial charge in [-0.1, -0.05) is 24.3 Å². The molecule has 0 aliphatic rings. The van der Waals surface area contributed by atoms with E-state index in [0.29, 0.717) is 16.3 Å². The van der Waals surface area contributed by atoms with Gasteiger partial charge < -0.3 is 15.2 Å². The van der Waals surface area contributed by atoms with Gasteiger partial charge in [0.1, 0.15) is 5.75 Å². The number of carboxylic acid groups (broad SMARTS) is 1. The Labute approximate surface area is 111 Å². The third-order valence-electron chi connectivity index (χ3n) is 2.77. The van der Waals surface area contributed by atoms with Gasteiger partial charge in [0.25, 0.3) is 0 Å². The molecule has 0 aliphatic heterocycles. The molecule has 1 atom stereocenters. The number of carbonyl (C=O) groups is 1. The van der Waals surface area contributed by atoms with Crippen molar-refractivity contribution in [2.24, 2.45) is 0 Å². The maximum Gasteiger partial charge on any atom is 0.405 e. The molecule has 2 N–H and O–H groups in total. The van der Waals surface area contributed by atoms with Crippen molar-refractivity contribution in [1.82, 2.24) is 5.32 Å². The highest BCUT2D eigenvalue weighted by atomic mass is 35.5. The van der Waals surface area contributed by atoms with Crippen LogP contribution in [0.1, 0.15) is 29.7 Å². The SMILES string of the molecule is C=Cc1c(C)c(Cl)cc(C(C)NC(=O)O)c1OC. The summed E-state index contributed by atoms with van der Waals surface area (Å²) in [5.41, 5.74) is 2.32. The van der Waals surface area contributed by atoms with Gasteiger partial charge in [-0.3, -0.25) is 0 Å². The molecule has 1 unspecified atom stereocenters. The fraction of sp³-hybridized carbons (Fsp3) is 0.308. The summed E-state index contributed by atoms with van der Waals surface area (Å²) >= 11 is 6.13. The predicted molar refractivity (Wildman–Crippen MR) is 72.4 cm³/mol. The fourth-order valence-corrected chi connectivity index (χ4v) is 2.04. The lowest BCUT2D eigenvalue weighted by Gasteiger charge is -2.19. The normalized spacial score (nSPS) is 11.8. The Hall–Kier alpha value is -1.68. The van der Waals surface area contributed by atoms with Crippen LogP contribution in [0.2, 0.25) is 5.02 Å². The van der Waals surface area contributed by atoms with E-state index in [2.05, 4.69) is 11.9 Å². The number of rotatable bonds is 4. The van der Waals surface area contributed by atoms with E-state index >= 15 is 0 Å². The van der Waals surface area contributed by atoms with Gasteiger partial charge in [0.05, 0.1) is 13.2 Å². The van der Waals surface area contributed by atoms with Crippen LogP contribution in [0.3, 0.4) is 0 Å². The van der Waals surface area contributed by atoms with Crippen molar-refractivity contribution in [1.29, 1.82) is 0 Å². The highest BCUT2D eigenvalue weighted by Gasteiger charge is 2.19. The second-order valence-electron chi connectivity index (χ2n) is 3.89.